The van der Waals surface area contributed by atoms with Crippen molar-refractivity contribution in [2.45, 2.75) is 13.8 Å². The van der Waals surface area contributed by atoms with Crippen LogP contribution in [-0.4, -0.2) is 0 Å². The van der Waals surface area contributed by atoms with E-state index < -0.39 is 0 Å². The second-order valence-electron chi connectivity index (χ2n) is 20.8. The van der Waals surface area contributed by atoms with Crippen LogP contribution in [0.5, 0.6) is 0 Å². The lowest BCUT2D eigenvalue weighted by atomic mass is 9.65. The molecule has 13 aromatic carbocycles. The number of aryl methyl sites for hydroxylation is 2. The first-order valence-corrected chi connectivity index (χ1v) is 27.3. The van der Waals surface area contributed by atoms with Crippen LogP contribution >= 0.6 is 0 Å². The largest absolute Gasteiger partial charge is 0.454 e. The van der Waals surface area contributed by atoms with Crippen molar-refractivity contribution in [1.82, 2.24) is 0 Å². The second kappa shape index (κ2) is 18.8. The number of anilines is 6. The van der Waals surface area contributed by atoms with Gasteiger partial charge in [0.25, 0.3) is 0 Å². The first-order valence-electron chi connectivity index (χ1n) is 27.3. The molecule has 0 unspecified atom stereocenters. The summed E-state index contributed by atoms with van der Waals surface area (Å²) in [6, 6.07) is 102. The smallest absolute Gasteiger partial charge is 0.159 e. The highest BCUT2D eigenvalue weighted by Gasteiger charge is 2.39. The lowest BCUT2D eigenvalue weighted by Gasteiger charge is -2.38. The summed E-state index contributed by atoms with van der Waals surface area (Å²) in [7, 11) is 0. The van der Waals surface area contributed by atoms with Crippen LogP contribution in [0.2, 0.25) is 0 Å². The molecule has 1 heterocycles. The Labute approximate surface area is 460 Å². The predicted molar refractivity (Wildman–Crippen MR) is 334 cm³/mol. The van der Waals surface area contributed by atoms with Gasteiger partial charge in [-0.2, -0.15) is 0 Å². The van der Waals surface area contributed by atoms with Crippen LogP contribution in [-0.2, 0) is 0 Å². The number of hydrogen-bond acceptors (Lipinski definition) is 3. The third-order valence-corrected chi connectivity index (χ3v) is 16.2. The molecule has 0 spiro atoms. The zero-order valence-corrected chi connectivity index (χ0v) is 43.9. The molecule has 1 aliphatic rings. The van der Waals surface area contributed by atoms with Crippen LogP contribution in [0.25, 0.3) is 110 Å². The van der Waals surface area contributed by atoms with Gasteiger partial charge >= 0.3 is 0 Å². The lowest BCUT2D eigenvalue weighted by Crippen LogP contribution is -2.13. The molecule has 0 atom stereocenters. The Morgan fingerprint density at radius 3 is 1.09 bits per heavy atom. The first kappa shape index (κ1) is 46.1. The monoisotopic (exact) mass is 1010 g/mol. The van der Waals surface area contributed by atoms with Crippen molar-refractivity contribution in [2.24, 2.45) is 0 Å². The zero-order valence-electron chi connectivity index (χ0n) is 43.9. The van der Waals surface area contributed by atoms with Crippen molar-refractivity contribution in [1.29, 1.82) is 0 Å². The van der Waals surface area contributed by atoms with Crippen molar-refractivity contribution >= 4 is 77.6 Å². The number of fused-ring (bicyclic) bond motifs is 9. The van der Waals surface area contributed by atoms with Gasteiger partial charge in [0.15, 0.2) is 5.58 Å². The molecule has 1 aromatic heterocycles. The van der Waals surface area contributed by atoms with E-state index in [1.807, 2.05) is 0 Å². The standard InChI is InChI=1S/C76H52N2O/c1-49-25-18-21-39-64(49)77(55-35-16-7-17-36-55)56-43-45-59-62(47-56)70(53-31-12-5-13-32-53)74-72(68(59)51-27-8-3-9-28-51)75-71(54-33-14-6-15-34-54)63-48-57(44-46-60(63)69(73(74)75)52-29-10-4-11-30-52)78(65-40-22-19-26-50(65)2)66-41-24-38-61-58-37-20-23-42-67(58)79-76(61)66/h3-48H,1-2H3. The zero-order chi connectivity index (χ0) is 52.6. The SMILES string of the molecule is Cc1ccccc1N(c1ccccc1)c1ccc2c(-c3ccccc3)c3c(c(-c4ccccc4)c2c1)-c1c-3c(-c2ccccc2)c2cc(N(c3ccccc3C)c3cccc4c3oc3ccccc34)ccc2c1-c1ccccc1. The minimum absolute atomic E-state index is 0.855. The summed E-state index contributed by atoms with van der Waals surface area (Å²) in [6.45, 7) is 4.41. The summed E-state index contributed by atoms with van der Waals surface area (Å²) in [5.74, 6) is 0. The van der Waals surface area contributed by atoms with Gasteiger partial charge < -0.3 is 14.2 Å². The van der Waals surface area contributed by atoms with E-state index in [4.69, 9.17) is 4.42 Å². The molecule has 0 bridgehead atoms. The molecule has 14 aromatic rings. The van der Waals surface area contributed by atoms with Gasteiger partial charge in [0.2, 0.25) is 0 Å². The summed E-state index contributed by atoms with van der Waals surface area (Å²) in [6.07, 6.45) is 0. The molecule has 15 rings (SSSR count). The fourth-order valence-corrected chi connectivity index (χ4v) is 12.7. The van der Waals surface area contributed by atoms with E-state index in [2.05, 4.69) is 303 Å². The molecular weight excluding hydrogens is 957 g/mol. The van der Waals surface area contributed by atoms with Gasteiger partial charge in [-0.3, -0.25) is 0 Å². The summed E-state index contributed by atoms with van der Waals surface area (Å²) >= 11 is 0. The average Bonchev–Trinajstić information content (AvgIpc) is 4.09. The third-order valence-electron chi connectivity index (χ3n) is 16.2. The summed E-state index contributed by atoms with van der Waals surface area (Å²) in [4.78, 5) is 4.83. The number of nitrogens with zero attached hydrogens (tertiary/aromatic N) is 2. The van der Waals surface area contributed by atoms with Gasteiger partial charge in [-0.15, -0.1) is 0 Å². The van der Waals surface area contributed by atoms with Crippen molar-refractivity contribution in [3.63, 3.8) is 0 Å². The molecule has 3 nitrogen and oxygen atoms in total. The maximum atomic E-state index is 6.85. The topological polar surface area (TPSA) is 19.6 Å². The van der Waals surface area contributed by atoms with Gasteiger partial charge in [0, 0.05) is 39.2 Å². The molecule has 372 valence electrons. The lowest BCUT2D eigenvalue weighted by molar-refractivity contribution is 0.669. The Balaban J connectivity index is 1.09. The fourth-order valence-electron chi connectivity index (χ4n) is 12.7. The molecule has 79 heavy (non-hydrogen) atoms. The number of rotatable bonds is 10. The van der Waals surface area contributed by atoms with E-state index >= 15 is 0 Å². The Bertz CT molecular complexity index is 4660. The first-order chi connectivity index (χ1) is 39.1. The number of benzene rings is 13. The highest BCUT2D eigenvalue weighted by Crippen LogP contribution is 2.66. The van der Waals surface area contributed by atoms with Crippen LogP contribution in [0.3, 0.4) is 0 Å². The minimum atomic E-state index is 0.855. The van der Waals surface area contributed by atoms with Gasteiger partial charge in [0.05, 0.1) is 5.69 Å². The molecule has 0 radical (unpaired) electrons. The van der Waals surface area contributed by atoms with E-state index in [0.29, 0.717) is 0 Å². The normalized spacial score (nSPS) is 11.7. The molecule has 0 fully saturated rings. The molecule has 3 heteroatoms. The van der Waals surface area contributed by atoms with E-state index in [1.165, 1.54) is 93.9 Å². The number of furan rings is 1. The molecule has 0 N–H and O–H groups in total. The Morgan fingerprint density at radius 1 is 0.241 bits per heavy atom. The third kappa shape index (κ3) is 7.42. The molecular formula is C76H52N2O. The maximum absolute atomic E-state index is 6.85. The summed E-state index contributed by atoms with van der Waals surface area (Å²) in [5, 5.41) is 6.96. The molecule has 0 saturated carbocycles. The van der Waals surface area contributed by atoms with E-state index in [1.54, 1.807) is 0 Å². The van der Waals surface area contributed by atoms with Gasteiger partial charge in [-0.25, -0.2) is 0 Å². The van der Waals surface area contributed by atoms with Crippen molar-refractivity contribution in [3.05, 3.63) is 290 Å². The van der Waals surface area contributed by atoms with Gasteiger partial charge in [0.1, 0.15) is 5.58 Å². The van der Waals surface area contributed by atoms with Crippen LogP contribution in [0.4, 0.5) is 34.1 Å². The predicted octanol–water partition coefficient (Wildman–Crippen LogP) is 21.8. The number of para-hydroxylation sites is 5. The van der Waals surface area contributed by atoms with Gasteiger partial charge in [-0.05, 0) is 174 Å². The fraction of sp³-hybridized carbons (Fsp3) is 0.0263. The molecule has 1 aliphatic carbocycles. The molecule has 0 aliphatic heterocycles. The van der Waals surface area contributed by atoms with Crippen LogP contribution in [0, 0.1) is 13.8 Å². The molecule has 0 amide bonds. The van der Waals surface area contributed by atoms with E-state index in [-0.39, 0.29) is 0 Å². The maximum Gasteiger partial charge on any atom is 0.159 e. The molecule has 0 saturated heterocycles. The number of hydrogen-bond donors (Lipinski definition) is 0. The Hall–Kier alpha value is -10.2. The van der Waals surface area contributed by atoms with Crippen LogP contribution in [0.1, 0.15) is 11.1 Å². The van der Waals surface area contributed by atoms with E-state index in [9.17, 15) is 0 Å². The van der Waals surface area contributed by atoms with E-state index in [0.717, 1.165) is 61.6 Å². The minimum Gasteiger partial charge on any atom is -0.454 e. The highest BCUT2D eigenvalue weighted by molar-refractivity contribution is 6.33. The van der Waals surface area contributed by atoms with Crippen LogP contribution in [0.15, 0.2) is 283 Å². The van der Waals surface area contributed by atoms with Crippen molar-refractivity contribution < 1.29 is 4.42 Å². The quantitative estimate of drug-likeness (QED) is 0.136. The summed E-state index contributed by atoms with van der Waals surface area (Å²) < 4.78 is 6.85. The summed E-state index contributed by atoms with van der Waals surface area (Å²) in [5.41, 5.74) is 25.2. The highest BCUT2D eigenvalue weighted by atomic mass is 16.3. The Morgan fingerprint density at radius 2 is 0.608 bits per heavy atom. The van der Waals surface area contributed by atoms with Crippen molar-refractivity contribution in [3.8, 4) is 66.8 Å². The Kier molecular flexibility index (Phi) is 11.0. The van der Waals surface area contributed by atoms with Crippen molar-refractivity contribution in [2.75, 3.05) is 9.80 Å². The van der Waals surface area contributed by atoms with Crippen LogP contribution < -0.4 is 9.80 Å². The van der Waals surface area contributed by atoms with Gasteiger partial charge in [-0.1, -0.05) is 218 Å². The average molecular weight is 1010 g/mol. The second-order valence-corrected chi connectivity index (χ2v) is 20.8.